The van der Waals surface area contributed by atoms with Crippen LogP contribution in [0.2, 0.25) is 0 Å². The molecule has 1 aromatic heterocycles. The summed E-state index contributed by atoms with van der Waals surface area (Å²) in [6.45, 7) is 3.59. The highest BCUT2D eigenvalue weighted by Crippen LogP contribution is 2.25. The minimum atomic E-state index is 0.249. The van der Waals surface area contributed by atoms with E-state index in [1.165, 1.54) is 5.56 Å². The number of nitrogens with zero attached hydrogens (tertiary/aromatic N) is 3. The molecule has 0 aliphatic carbocycles. The van der Waals surface area contributed by atoms with E-state index in [1.54, 1.807) is 6.20 Å². The Morgan fingerprint density at radius 1 is 1.26 bits per heavy atom. The van der Waals surface area contributed by atoms with Gasteiger partial charge in [-0.1, -0.05) is 30.3 Å². The largest absolute Gasteiger partial charge is 0.342 e. The molecule has 2 aromatic rings. The van der Waals surface area contributed by atoms with Gasteiger partial charge in [0.2, 0.25) is 5.91 Å². The Morgan fingerprint density at radius 2 is 2.09 bits per heavy atom. The zero-order valence-electron chi connectivity index (χ0n) is 13.6. The summed E-state index contributed by atoms with van der Waals surface area (Å²) < 4.78 is 0. The highest BCUT2D eigenvalue weighted by molar-refractivity contribution is 5.76. The summed E-state index contributed by atoms with van der Waals surface area (Å²) in [5.41, 5.74) is 3.18. The molecule has 0 radical (unpaired) electrons. The van der Waals surface area contributed by atoms with Gasteiger partial charge >= 0.3 is 0 Å². The van der Waals surface area contributed by atoms with Gasteiger partial charge in [0.1, 0.15) is 0 Å². The van der Waals surface area contributed by atoms with Gasteiger partial charge in [-0.2, -0.15) is 0 Å². The fraction of sp³-hybridized carbons (Fsp3) is 0.421. The lowest BCUT2D eigenvalue weighted by Gasteiger charge is -2.32. The molecule has 0 bridgehead atoms. The molecular weight excluding hydrogens is 286 g/mol. The first-order chi connectivity index (χ1) is 11.2. The number of aryl methyl sites for hydroxylation is 2. The number of aromatic nitrogens is 2. The molecule has 1 aromatic carbocycles. The molecule has 1 saturated heterocycles. The van der Waals surface area contributed by atoms with Crippen LogP contribution in [0.25, 0.3) is 0 Å². The molecule has 3 rings (SSSR count). The summed E-state index contributed by atoms with van der Waals surface area (Å²) >= 11 is 0. The number of likely N-dealkylation sites (tertiary alicyclic amines) is 1. The van der Waals surface area contributed by atoms with Crippen molar-refractivity contribution >= 4 is 5.91 Å². The van der Waals surface area contributed by atoms with Crippen molar-refractivity contribution in [1.82, 2.24) is 14.9 Å². The molecule has 1 atom stereocenters. The Kier molecular flexibility index (Phi) is 5.01. The van der Waals surface area contributed by atoms with Crippen molar-refractivity contribution in [3.8, 4) is 0 Å². The standard InChI is InChI=1S/C19H23N3O/c1-15-12-20-13-18(21-15)17-8-5-11-22(14-17)19(23)10-9-16-6-3-2-4-7-16/h2-4,6-7,12-13,17H,5,8-11,14H2,1H3. The Hall–Kier alpha value is -2.23. The van der Waals surface area contributed by atoms with Gasteiger partial charge in [0.05, 0.1) is 11.4 Å². The van der Waals surface area contributed by atoms with E-state index in [-0.39, 0.29) is 5.91 Å². The van der Waals surface area contributed by atoms with E-state index in [1.807, 2.05) is 36.2 Å². The van der Waals surface area contributed by atoms with Gasteiger partial charge in [0, 0.05) is 37.8 Å². The lowest BCUT2D eigenvalue weighted by atomic mass is 9.94. The number of carbonyl (C=O) groups is 1. The molecular formula is C19H23N3O. The fourth-order valence-corrected chi connectivity index (χ4v) is 3.18. The molecule has 4 heteroatoms. The zero-order valence-corrected chi connectivity index (χ0v) is 13.6. The second-order valence-corrected chi connectivity index (χ2v) is 6.25. The van der Waals surface area contributed by atoms with Crippen LogP contribution in [-0.4, -0.2) is 33.9 Å². The number of hydrogen-bond donors (Lipinski definition) is 0. The van der Waals surface area contributed by atoms with Crippen LogP contribution >= 0.6 is 0 Å². The third-order valence-electron chi connectivity index (χ3n) is 4.44. The van der Waals surface area contributed by atoms with Crippen molar-refractivity contribution in [2.45, 2.75) is 38.5 Å². The molecule has 1 fully saturated rings. The molecule has 120 valence electrons. The highest BCUT2D eigenvalue weighted by atomic mass is 16.2. The smallest absolute Gasteiger partial charge is 0.222 e. The van der Waals surface area contributed by atoms with Crippen molar-refractivity contribution in [3.05, 3.63) is 59.7 Å². The maximum absolute atomic E-state index is 12.5. The van der Waals surface area contributed by atoms with Crippen molar-refractivity contribution in [1.29, 1.82) is 0 Å². The van der Waals surface area contributed by atoms with Crippen LogP contribution in [0.1, 0.15) is 42.1 Å². The van der Waals surface area contributed by atoms with Crippen molar-refractivity contribution in [3.63, 3.8) is 0 Å². The van der Waals surface area contributed by atoms with E-state index in [0.29, 0.717) is 12.3 Å². The minimum Gasteiger partial charge on any atom is -0.342 e. The van der Waals surface area contributed by atoms with Crippen LogP contribution in [0.15, 0.2) is 42.7 Å². The molecule has 1 amide bonds. The first-order valence-electron chi connectivity index (χ1n) is 8.32. The summed E-state index contributed by atoms with van der Waals surface area (Å²) in [7, 11) is 0. The number of hydrogen-bond acceptors (Lipinski definition) is 3. The Labute approximate surface area is 137 Å². The highest BCUT2D eigenvalue weighted by Gasteiger charge is 2.25. The van der Waals surface area contributed by atoms with Gasteiger partial charge in [0.25, 0.3) is 0 Å². The van der Waals surface area contributed by atoms with Gasteiger partial charge in [0.15, 0.2) is 0 Å². The Morgan fingerprint density at radius 3 is 2.87 bits per heavy atom. The first-order valence-corrected chi connectivity index (χ1v) is 8.32. The second-order valence-electron chi connectivity index (χ2n) is 6.25. The zero-order chi connectivity index (χ0) is 16.1. The van der Waals surface area contributed by atoms with E-state index in [4.69, 9.17) is 0 Å². The summed E-state index contributed by atoms with van der Waals surface area (Å²) in [6, 6.07) is 10.2. The predicted octanol–water partition coefficient (Wildman–Crippen LogP) is 3.12. The summed E-state index contributed by atoms with van der Waals surface area (Å²) in [5, 5.41) is 0. The Bertz CT molecular complexity index is 657. The Balaban J connectivity index is 1.58. The molecule has 23 heavy (non-hydrogen) atoms. The summed E-state index contributed by atoms with van der Waals surface area (Å²) in [4.78, 5) is 23.3. The van der Waals surface area contributed by atoms with Crippen LogP contribution < -0.4 is 0 Å². The predicted molar refractivity (Wildman–Crippen MR) is 90.1 cm³/mol. The average Bonchev–Trinajstić information content (AvgIpc) is 2.61. The average molecular weight is 309 g/mol. The molecule has 0 spiro atoms. The third-order valence-corrected chi connectivity index (χ3v) is 4.44. The minimum absolute atomic E-state index is 0.249. The van der Waals surface area contributed by atoms with Crippen LogP contribution in [0, 0.1) is 6.92 Å². The molecule has 2 heterocycles. The lowest BCUT2D eigenvalue weighted by Crippen LogP contribution is -2.39. The molecule has 0 saturated carbocycles. The van der Waals surface area contributed by atoms with Crippen LogP contribution in [0.5, 0.6) is 0 Å². The number of carbonyl (C=O) groups excluding carboxylic acids is 1. The summed E-state index contributed by atoms with van der Waals surface area (Å²) in [6.07, 6.45) is 7.13. The van der Waals surface area contributed by atoms with Crippen molar-refractivity contribution in [2.75, 3.05) is 13.1 Å². The number of amides is 1. The number of piperidine rings is 1. The fourth-order valence-electron chi connectivity index (χ4n) is 3.18. The molecule has 1 unspecified atom stereocenters. The number of rotatable bonds is 4. The van der Waals surface area contributed by atoms with Gasteiger partial charge in [-0.25, -0.2) is 0 Å². The van der Waals surface area contributed by atoms with Gasteiger partial charge < -0.3 is 4.90 Å². The number of benzene rings is 1. The first kappa shape index (κ1) is 15.7. The topological polar surface area (TPSA) is 46.1 Å². The molecule has 4 nitrogen and oxygen atoms in total. The van der Waals surface area contributed by atoms with Gasteiger partial charge in [-0.05, 0) is 31.7 Å². The maximum Gasteiger partial charge on any atom is 0.222 e. The van der Waals surface area contributed by atoms with Crippen LogP contribution in [0.4, 0.5) is 0 Å². The SMILES string of the molecule is Cc1cncc(C2CCCN(C(=O)CCc3ccccc3)C2)n1. The summed E-state index contributed by atoms with van der Waals surface area (Å²) in [5.74, 6) is 0.566. The molecule has 1 aliphatic heterocycles. The lowest BCUT2D eigenvalue weighted by molar-refractivity contribution is -0.132. The van der Waals surface area contributed by atoms with Crippen LogP contribution in [0.3, 0.4) is 0 Å². The van der Waals surface area contributed by atoms with E-state index in [9.17, 15) is 4.79 Å². The monoisotopic (exact) mass is 309 g/mol. The maximum atomic E-state index is 12.5. The second kappa shape index (κ2) is 7.36. The van der Waals surface area contributed by atoms with Gasteiger partial charge in [-0.3, -0.25) is 14.8 Å². The van der Waals surface area contributed by atoms with E-state index < -0.39 is 0 Å². The van der Waals surface area contributed by atoms with E-state index >= 15 is 0 Å². The van der Waals surface area contributed by atoms with Crippen LogP contribution in [-0.2, 0) is 11.2 Å². The van der Waals surface area contributed by atoms with E-state index in [0.717, 1.165) is 43.7 Å². The van der Waals surface area contributed by atoms with E-state index in [2.05, 4.69) is 22.1 Å². The van der Waals surface area contributed by atoms with Gasteiger partial charge in [-0.15, -0.1) is 0 Å². The van der Waals surface area contributed by atoms with Crippen molar-refractivity contribution < 1.29 is 4.79 Å². The normalized spacial score (nSPS) is 18.0. The van der Waals surface area contributed by atoms with Crippen molar-refractivity contribution in [2.24, 2.45) is 0 Å². The quantitative estimate of drug-likeness (QED) is 0.871. The third kappa shape index (κ3) is 4.15. The molecule has 0 N–H and O–H groups in total. The molecule has 1 aliphatic rings.